The van der Waals surface area contributed by atoms with Gasteiger partial charge in [-0.25, -0.2) is 0 Å². The van der Waals surface area contributed by atoms with Crippen molar-refractivity contribution >= 4 is 0 Å². The standard InChI is InChI=1S/C20H31NO2/c1-14-12-17(13-15(2)23-14)21-20(16-8-4-5-9-16)18-10-6-7-11-19(18)22-3/h6-7,10-11,14-17,20-21H,4-5,8-9,12-13H2,1-3H3. The summed E-state index contributed by atoms with van der Waals surface area (Å²) in [6.07, 6.45) is 8.26. The van der Waals surface area contributed by atoms with Gasteiger partial charge in [-0.2, -0.15) is 0 Å². The molecule has 1 aromatic carbocycles. The van der Waals surface area contributed by atoms with Gasteiger partial charge in [0.15, 0.2) is 0 Å². The van der Waals surface area contributed by atoms with Gasteiger partial charge in [0.1, 0.15) is 5.75 Å². The second-order valence-corrected chi connectivity index (χ2v) is 7.36. The zero-order chi connectivity index (χ0) is 16.2. The number of nitrogens with one attached hydrogen (secondary N) is 1. The Bertz CT molecular complexity index is 488. The van der Waals surface area contributed by atoms with Crippen LogP contribution in [-0.4, -0.2) is 25.4 Å². The van der Waals surface area contributed by atoms with Crippen molar-refractivity contribution in [2.45, 2.75) is 76.7 Å². The quantitative estimate of drug-likeness (QED) is 0.869. The lowest BCUT2D eigenvalue weighted by molar-refractivity contribution is -0.0446. The fraction of sp³-hybridized carbons (Fsp3) is 0.700. The van der Waals surface area contributed by atoms with Crippen LogP contribution in [0.15, 0.2) is 24.3 Å². The van der Waals surface area contributed by atoms with E-state index in [0.29, 0.717) is 24.3 Å². The van der Waals surface area contributed by atoms with Gasteiger partial charge in [0.05, 0.1) is 19.3 Å². The molecule has 23 heavy (non-hydrogen) atoms. The molecule has 3 nitrogen and oxygen atoms in total. The van der Waals surface area contributed by atoms with Crippen LogP contribution in [0.2, 0.25) is 0 Å². The Morgan fingerprint density at radius 1 is 1.09 bits per heavy atom. The average molecular weight is 317 g/mol. The molecule has 3 heteroatoms. The van der Waals surface area contributed by atoms with Crippen molar-refractivity contribution in [1.29, 1.82) is 0 Å². The number of hydrogen-bond acceptors (Lipinski definition) is 3. The van der Waals surface area contributed by atoms with Gasteiger partial charge in [-0.15, -0.1) is 0 Å². The summed E-state index contributed by atoms with van der Waals surface area (Å²) in [4.78, 5) is 0. The van der Waals surface area contributed by atoms with E-state index in [1.807, 2.05) is 0 Å². The number of hydrogen-bond donors (Lipinski definition) is 1. The largest absolute Gasteiger partial charge is 0.496 e. The summed E-state index contributed by atoms with van der Waals surface area (Å²) in [6.45, 7) is 4.38. The van der Waals surface area contributed by atoms with Crippen LogP contribution in [0.3, 0.4) is 0 Å². The Kier molecular flexibility index (Phi) is 5.60. The lowest BCUT2D eigenvalue weighted by Gasteiger charge is -2.37. The Balaban J connectivity index is 1.81. The highest BCUT2D eigenvalue weighted by molar-refractivity contribution is 5.36. The van der Waals surface area contributed by atoms with Gasteiger partial charge in [-0.3, -0.25) is 0 Å². The first-order chi connectivity index (χ1) is 11.2. The second-order valence-electron chi connectivity index (χ2n) is 7.36. The van der Waals surface area contributed by atoms with Crippen LogP contribution in [-0.2, 0) is 4.74 Å². The van der Waals surface area contributed by atoms with Crippen LogP contribution < -0.4 is 10.1 Å². The highest BCUT2D eigenvalue weighted by atomic mass is 16.5. The molecule has 3 atom stereocenters. The predicted molar refractivity (Wildman–Crippen MR) is 93.9 cm³/mol. The maximum Gasteiger partial charge on any atom is 0.123 e. The van der Waals surface area contributed by atoms with E-state index < -0.39 is 0 Å². The molecule has 0 aromatic heterocycles. The molecule has 1 aliphatic heterocycles. The van der Waals surface area contributed by atoms with E-state index in [9.17, 15) is 0 Å². The molecule has 1 saturated heterocycles. The fourth-order valence-corrected chi connectivity index (χ4v) is 4.49. The summed E-state index contributed by atoms with van der Waals surface area (Å²) >= 11 is 0. The molecular weight excluding hydrogens is 286 g/mol. The van der Waals surface area contributed by atoms with E-state index in [-0.39, 0.29) is 0 Å². The average Bonchev–Trinajstić information content (AvgIpc) is 3.06. The zero-order valence-electron chi connectivity index (χ0n) is 14.8. The Hall–Kier alpha value is -1.06. The van der Waals surface area contributed by atoms with E-state index in [2.05, 4.69) is 43.4 Å². The number of methoxy groups -OCH3 is 1. The molecule has 2 aliphatic rings. The van der Waals surface area contributed by atoms with Crippen molar-refractivity contribution in [3.05, 3.63) is 29.8 Å². The summed E-state index contributed by atoms with van der Waals surface area (Å²) in [5.74, 6) is 1.74. The second kappa shape index (κ2) is 7.67. The lowest BCUT2D eigenvalue weighted by Crippen LogP contribution is -2.44. The van der Waals surface area contributed by atoms with E-state index in [0.717, 1.165) is 24.5 Å². The minimum absolute atomic E-state index is 0.346. The van der Waals surface area contributed by atoms with Crippen molar-refractivity contribution < 1.29 is 9.47 Å². The normalized spacial score (nSPS) is 30.3. The summed E-state index contributed by atoms with van der Waals surface area (Å²) in [7, 11) is 1.78. The molecule has 128 valence electrons. The highest BCUT2D eigenvalue weighted by Crippen LogP contribution is 2.40. The van der Waals surface area contributed by atoms with E-state index in [1.54, 1.807) is 7.11 Å². The smallest absolute Gasteiger partial charge is 0.123 e. The molecule has 2 fully saturated rings. The van der Waals surface area contributed by atoms with Gasteiger partial charge in [0, 0.05) is 17.6 Å². The van der Waals surface area contributed by atoms with Gasteiger partial charge < -0.3 is 14.8 Å². The molecule has 0 radical (unpaired) electrons. The summed E-state index contributed by atoms with van der Waals surface area (Å²) in [5.41, 5.74) is 1.33. The van der Waals surface area contributed by atoms with Gasteiger partial charge >= 0.3 is 0 Å². The zero-order valence-corrected chi connectivity index (χ0v) is 14.8. The van der Waals surface area contributed by atoms with Crippen molar-refractivity contribution in [2.24, 2.45) is 5.92 Å². The molecule has 1 aromatic rings. The molecule has 0 bridgehead atoms. The van der Waals surface area contributed by atoms with Gasteiger partial charge in [0.25, 0.3) is 0 Å². The first kappa shape index (κ1) is 16.8. The van der Waals surface area contributed by atoms with E-state index >= 15 is 0 Å². The summed E-state index contributed by atoms with van der Waals surface area (Å²) in [6, 6.07) is 9.46. The monoisotopic (exact) mass is 317 g/mol. The number of para-hydroxylation sites is 1. The van der Waals surface area contributed by atoms with Crippen LogP contribution in [0.25, 0.3) is 0 Å². The molecule has 0 spiro atoms. The first-order valence-corrected chi connectivity index (χ1v) is 9.21. The Labute approximate surface area is 140 Å². The third-order valence-electron chi connectivity index (χ3n) is 5.46. The van der Waals surface area contributed by atoms with Crippen molar-refractivity contribution in [1.82, 2.24) is 5.32 Å². The molecule has 3 rings (SSSR count). The van der Waals surface area contributed by atoms with Gasteiger partial charge in [0.2, 0.25) is 0 Å². The molecule has 0 amide bonds. The van der Waals surface area contributed by atoms with Gasteiger partial charge in [-0.1, -0.05) is 31.0 Å². The third kappa shape index (κ3) is 4.07. The minimum Gasteiger partial charge on any atom is -0.496 e. The van der Waals surface area contributed by atoms with E-state index in [1.165, 1.54) is 31.2 Å². The molecular formula is C20H31NO2. The Morgan fingerprint density at radius 3 is 2.39 bits per heavy atom. The third-order valence-corrected chi connectivity index (χ3v) is 5.46. The van der Waals surface area contributed by atoms with Crippen molar-refractivity contribution in [3.8, 4) is 5.75 Å². The summed E-state index contributed by atoms with van der Waals surface area (Å²) in [5, 5.41) is 3.99. The van der Waals surface area contributed by atoms with Crippen LogP contribution in [0.5, 0.6) is 5.75 Å². The van der Waals surface area contributed by atoms with Crippen LogP contribution in [0.4, 0.5) is 0 Å². The maximum absolute atomic E-state index is 5.91. The van der Waals surface area contributed by atoms with Gasteiger partial charge in [-0.05, 0) is 51.5 Å². The van der Waals surface area contributed by atoms with E-state index in [4.69, 9.17) is 9.47 Å². The molecule has 1 heterocycles. The topological polar surface area (TPSA) is 30.5 Å². The van der Waals surface area contributed by atoms with Crippen molar-refractivity contribution in [2.75, 3.05) is 7.11 Å². The molecule has 3 unspecified atom stereocenters. The predicted octanol–water partition coefficient (Wildman–Crippen LogP) is 4.47. The number of benzene rings is 1. The van der Waals surface area contributed by atoms with Crippen LogP contribution >= 0.6 is 0 Å². The molecule has 1 N–H and O–H groups in total. The van der Waals surface area contributed by atoms with Crippen LogP contribution in [0, 0.1) is 5.92 Å². The van der Waals surface area contributed by atoms with Crippen LogP contribution in [0.1, 0.15) is 64.0 Å². The Morgan fingerprint density at radius 2 is 1.74 bits per heavy atom. The van der Waals surface area contributed by atoms with Crippen molar-refractivity contribution in [3.63, 3.8) is 0 Å². The maximum atomic E-state index is 5.91. The first-order valence-electron chi connectivity index (χ1n) is 9.21. The number of ether oxygens (including phenoxy) is 2. The lowest BCUT2D eigenvalue weighted by atomic mass is 9.88. The highest BCUT2D eigenvalue weighted by Gasteiger charge is 2.32. The molecule has 1 saturated carbocycles. The fourth-order valence-electron chi connectivity index (χ4n) is 4.49. The molecule has 1 aliphatic carbocycles. The SMILES string of the molecule is COc1ccccc1C(NC1CC(C)OC(C)C1)C1CCCC1. The summed E-state index contributed by atoms with van der Waals surface area (Å²) < 4.78 is 11.6. The number of rotatable bonds is 5. The minimum atomic E-state index is 0.346.